The van der Waals surface area contributed by atoms with Gasteiger partial charge in [0.1, 0.15) is 5.75 Å². The first-order valence-corrected chi connectivity index (χ1v) is 6.86. The number of nitriles is 1. The first kappa shape index (κ1) is 15.5. The molecule has 0 spiro atoms. The minimum Gasteiger partial charge on any atom is -0.497 e. The molecule has 0 unspecified atom stereocenters. The number of nitrogens with one attached hydrogen (secondary N) is 2. The van der Waals surface area contributed by atoms with Crippen LogP contribution in [0.25, 0.3) is 0 Å². The van der Waals surface area contributed by atoms with Gasteiger partial charge in [0.05, 0.1) is 25.0 Å². The third-order valence-corrected chi connectivity index (χ3v) is 2.94. The number of ether oxygens (including phenoxy) is 1. The van der Waals surface area contributed by atoms with Crippen LogP contribution in [0.3, 0.4) is 0 Å². The van der Waals surface area contributed by atoms with Crippen molar-refractivity contribution in [3.8, 4) is 11.8 Å². The number of hydrazone groups is 1. The maximum atomic E-state index is 8.72. The van der Waals surface area contributed by atoms with Crippen LogP contribution in [0.15, 0.2) is 53.6 Å². The molecule has 0 aliphatic rings. The van der Waals surface area contributed by atoms with Crippen molar-refractivity contribution in [3.05, 3.63) is 59.7 Å². The van der Waals surface area contributed by atoms with Crippen molar-refractivity contribution in [2.75, 3.05) is 12.4 Å². The Bertz CT molecular complexity index is 720. The van der Waals surface area contributed by atoms with Gasteiger partial charge in [-0.2, -0.15) is 10.4 Å². The fraction of sp³-hybridized carbons (Fsp3) is 0.0625. The van der Waals surface area contributed by atoms with Crippen LogP contribution < -0.4 is 15.5 Å². The van der Waals surface area contributed by atoms with Gasteiger partial charge in [-0.25, -0.2) is 0 Å². The summed E-state index contributed by atoms with van der Waals surface area (Å²) in [6, 6.07) is 16.6. The molecule has 0 amide bonds. The molecule has 0 aliphatic heterocycles. The Morgan fingerprint density at radius 1 is 1.27 bits per heavy atom. The summed E-state index contributed by atoms with van der Waals surface area (Å²) in [5, 5.41) is 16.1. The van der Waals surface area contributed by atoms with E-state index in [9.17, 15) is 0 Å². The van der Waals surface area contributed by atoms with Crippen molar-refractivity contribution < 1.29 is 4.74 Å². The normalized spacial score (nSPS) is 10.0. The predicted molar refractivity (Wildman–Crippen MR) is 91.1 cm³/mol. The highest BCUT2D eigenvalue weighted by Crippen LogP contribution is 2.16. The molecule has 2 aromatic carbocycles. The number of rotatable bonds is 4. The lowest BCUT2D eigenvalue weighted by atomic mass is 10.2. The Hall–Kier alpha value is -2.91. The molecule has 0 radical (unpaired) electrons. The van der Waals surface area contributed by atoms with Crippen molar-refractivity contribution in [1.29, 1.82) is 5.26 Å². The Morgan fingerprint density at radius 2 is 2.05 bits per heavy atom. The summed E-state index contributed by atoms with van der Waals surface area (Å²) in [6.45, 7) is 0. The highest BCUT2D eigenvalue weighted by molar-refractivity contribution is 7.80. The standard InChI is InChI=1S/C16H14N4OS/c1-21-15-4-2-3-14(9-15)19-16(22)20-18-11-13-7-5-12(10-17)6-8-13/h2-9,11H,1H3,(H2,19,20,22)/b18-11-. The molecule has 0 heterocycles. The van der Waals surface area contributed by atoms with E-state index < -0.39 is 0 Å². The molecule has 2 aromatic rings. The van der Waals surface area contributed by atoms with Crippen LogP contribution in [0.1, 0.15) is 11.1 Å². The summed E-state index contributed by atoms with van der Waals surface area (Å²) in [7, 11) is 1.61. The van der Waals surface area contributed by atoms with Crippen molar-refractivity contribution in [2.45, 2.75) is 0 Å². The van der Waals surface area contributed by atoms with Gasteiger partial charge in [0.2, 0.25) is 0 Å². The number of thiocarbonyl (C=S) groups is 1. The highest BCUT2D eigenvalue weighted by atomic mass is 32.1. The van der Waals surface area contributed by atoms with Gasteiger partial charge in [0.25, 0.3) is 0 Å². The van der Waals surface area contributed by atoms with E-state index in [0.717, 1.165) is 17.0 Å². The average Bonchev–Trinajstić information content (AvgIpc) is 2.55. The fourth-order valence-corrected chi connectivity index (χ4v) is 1.84. The largest absolute Gasteiger partial charge is 0.497 e. The minimum absolute atomic E-state index is 0.373. The fourth-order valence-electron chi connectivity index (χ4n) is 1.67. The maximum Gasteiger partial charge on any atom is 0.191 e. The summed E-state index contributed by atoms with van der Waals surface area (Å²) < 4.78 is 5.14. The second-order valence-electron chi connectivity index (χ2n) is 4.29. The summed E-state index contributed by atoms with van der Waals surface area (Å²) in [4.78, 5) is 0. The van der Waals surface area contributed by atoms with Gasteiger partial charge in [0.15, 0.2) is 5.11 Å². The Kier molecular flexibility index (Phi) is 5.46. The van der Waals surface area contributed by atoms with Crippen molar-refractivity contribution in [1.82, 2.24) is 5.43 Å². The lowest BCUT2D eigenvalue weighted by Gasteiger charge is -2.08. The zero-order valence-electron chi connectivity index (χ0n) is 11.9. The van der Waals surface area contributed by atoms with Crippen LogP contribution in [-0.2, 0) is 0 Å². The molecule has 0 saturated carbocycles. The number of anilines is 1. The van der Waals surface area contributed by atoms with Crippen LogP contribution >= 0.6 is 12.2 Å². The van der Waals surface area contributed by atoms with E-state index in [0.29, 0.717) is 10.7 Å². The maximum absolute atomic E-state index is 8.72. The monoisotopic (exact) mass is 310 g/mol. The smallest absolute Gasteiger partial charge is 0.191 e. The quantitative estimate of drug-likeness (QED) is 0.516. The Morgan fingerprint density at radius 3 is 2.73 bits per heavy atom. The Balaban J connectivity index is 1.89. The van der Waals surface area contributed by atoms with Crippen LogP contribution in [0.4, 0.5) is 5.69 Å². The van der Waals surface area contributed by atoms with Crippen LogP contribution in [0.2, 0.25) is 0 Å². The van der Waals surface area contributed by atoms with Gasteiger partial charge in [-0.15, -0.1) is 0 Å². The second kappa shape index (κ2) is 7.76. The summed E-state index contributed by atoms with van der Waals surface area (Å²) >= 11 is 5.15. The number of hydrogen-bond donors (Lipinski definition) is 2. The van der Waals surface area contributed by atoms with E-state index in [2.05, 4.69) is 21.9 Å². The third-order valence-electron chi connectivity index (χ3n) is 2.75. The van der Waals surface area contributed by atoms with Gasteiger partial charge >= 0.3 is 0 Å². The Labute approximate surface area is 134 Å². The molecule has 0 bridgehead atoms. The molecule has 5 nitrogen and oxygen atoms in total. The van der Waals surface area contributed by atoms with Crippen LogP contribution in [-0.4, -0.2) is 18.4 Å². The molecular formula is C16H14N4OS. The minimum atomic E-state index is 0.373. The van der Waals surface area contributed by atoms with Crippen LogP contribution in [0.5, 0.6) is 5.75 Å². The topological polar surface area (TPSA) is 69.4 Å². The van der Waals surface area contributed by atoms with Gasteiger partial charge in [-0.3, -0.25) is 5.43 Å². The average molecular weight is 310 g/mol. The van der Waals surface area contributed by atoms with Gasteiger partial charge in [0, 0.05) is 11.8 Å². The zero-order chi connectivity index (χ0) is 15.8. The van der Waals surface area contributed by atoms with Crippen molar-refractivity contribution in [3.63, 3.8) is 0 Å². The molecule has 22 heavy (non-hydrogen) atoms. The highest BCUT2D eigenvalue weighted by Gasteiger charge is 1.98. The second-order valence-corrected chi connectivity index (χ2v) is 4.70. The summed E-state index contributed by atoms with van der Waals surface area (Å²) in [6.07, 6.45) is 1.63. The molecule has 0 fully saturated rings. The lowest BCUT2D eigenvalue weighted by molar-refractivity contribution is 0.415. The number of hydrogen-bond acceptors (Lipinski definition) is 4. The molecule has 110 valence electrons. The molecule has 0 saturated heterocycles. The first-order chi connectivity index (χ1) is 10.7. The van der Waals surface area contributed by atoms with Gasteiger partial charge < -0.3 is 10.1 Å². The van der Waals surface area contributed by atoms with Crippen molar-refractivity contribution >= 4 is 29.2 Å². The summed E-state index contributed by atoms with van der Waals surface area (Å²) in [5.41, 5.74) is 5.02. The molecule has 2 N–H and O–H groups in total. The zero-order valence-corrected chi connectivity index (χ0v) is 12.7. The van der Waals surface area contributed by atoms with E-state index in [-0.39, 0.29) is 0 Å². The van der Waals surface area contributed by atoms with Gasteiger partial charge in [-0.05, 0) is 42.0 Å². The molecule has 6 heteroatoms. The van der Waals surface area contributed by atoms with E-state index in [4.69, 9.17) is 22.2 Å². The van der Waals surface area contributed by atoms with Crippen molar-refractivity contribution in [2.24, 2.45) is 5.10 Å². The number of benzene rings is 2. The first-order valence-electron chi connectivity index (χ1n) is 6.45. The number of nitrogens with zero attached hydrogens (tertiary/aromatic N) is 2. The van der Waals surface area contributed by atoms with Crippen LogP contribution in [0, 0.1) is 11.3 Å². The molecule has 0 atom stereocenters. The number of methoxy groups -OCH3 is 1. The molecule has 2 rings (SSSR count). The van der Waals surface area contributed by atoms with E-state index in [1.54, 1.807) is 25.5 Å². The van der Waals surface area contributed by atoms with Gasteiger partial charge in [-0.1, -0.05) is 18.2 Å². The predicted octanol–water partition coefficient (Wildman–Crippen LogP) is 2.89. The SMILES string of the molecule is COc1cccc(NC(=S)N/N=C\c2ccc(C#N)cc2)c1. The third kappa shape index (κ3) is 4.58. The molecule has 0 aromatic heterocycles. The lowest BCUT2D eigenvalue weighted by Crippen LogP contribution is -2.23. The van der Waals surface area contributed by atoms with E-state index in [1.807, 2.05) is 36.4 Å². The summed E-state index contributed by atoms with van der Waals surface area (Å²) in [5.74, 6) is 0.744. The van der Waals surface area contributed by atoms with E-state index in [1.165, 1.54) is 0 Å². The molecular weight excluding hydrogens is 296 g/mol. The molecule has 0 aliphatic carbocycles. The van der Waals surface area contributed by atoms with E-state index >= 15 is 0 Å².